The molecule has 92 valence electrons. The Hall–Kier alpha value is -2.07. The summed E-state index contributed by atoms with van der Waals surface area (Å²) in [7, 11) is 1.65. The molecule has 0 saturated carbocycles. The number of nitrogens with two attached hydrogens (primary N) is 1. The number of hydrogen-bond donors (Lipinski definition) is 1. The highest BCUT2D eigenvalue weighted by atomic mass is 32.1. The van der Waals surface area contributed by atoms with E-state index in [0.29, 0.717) is 0 Å². The van der Waals surface area contributed by atoms with Gasteiger partial charge in [-0.2, -0.15) is 0 Å². The van der Waals surface area contributed by atoms with Gasteiger partial charge in [0, 0.05) is 15.8 Å². The van der Waals surface area contributed by atoms with E-state index in [1.807, 2.05) is 36.4 Å². The van der Waals surface area contributed by atoms with E-state index in [-0.39, 0.29) is 0 Å². The van der Waals surface area contributed by atoms with Gasteiger partial charge in [-0.05, 0) is 48.0 Å². The molecule has 0 aliphatic carbocycles. The van der Waals surface area contributed by atoms with Crippen molar-refractivity contribution >= 4 is 23.3 Å². The highest BCUT2D eigenvalue weighted by Crippen LogP contribution is 2.29. The van der Waals surface area contributed by atoms with Crippen LogP contribution in [0.5, 0.6) is 5.75 Å². The molecule has 0 fully saturated rings. The lowest BCUT2D eigenvalue weighted by molar-refractivity contribution is -0.113. The molecule has 4 heteroatoms. The summed E-state index contributed by atoms with van der Waals surface area (Å²) in [5, 5.41) is 0. The van der Waals surface area contributed by atoms with Crippen LogP contribution in [0.4, 0.5) is 0 Å². The SMILES string of the molecule is COc1ccc(-c2ccc(/C=C/C(N)=O)s2)cc1. The van der Waals surface area contributed by atoms with E-state index in [1.54, 1.807) is 24.5 Å². The quantitative estimate of drug-likeness (QED) is 0.858. The van der Waals surface area contributed by atoms with Crippen LogP contribution in [0.1, 0.15) is 4.88 Å². The first-order chi connectivity index (χ1) is 8.69. The zero-order chi connectivity index (χ0) is 13.0. The average molecular weight is 259 g/mol. The predicted molar refractivity (Wildman–Crippen MR) is 74.5 cm³/mol. The Morgan fingerprint density at radius 1 is 1.22 bits per heavy atom. The van der Waals surface area contributed by atoms with Crippen molar-refractivity contribution in [3.63, 3.8) is 0 Å². The summed E-state index contributed by atoms with van der Waals surface area (Å²) in [5.41, 5.74) is 6.18. The number of rotatable bonds is 4. The van der Waals surface area contributed by atoms with Crippen molar-refractivity contribution in [2.45, 2.75) is 0 Å². The normalized spacial score (nSPS) is 10.7. The molecule has 3 nitrogen and oxygen atoms in total. The number of carbonyl (C=O) groups is 1. The zero-order valence-electron chi connectivity index (χ0n) is 9.92. The number of thiophene rings is 1. The summed E-state index contributed by atoms with van der Waals surface area (Å²) < 4.78 is 5.12. The molecule has 1 amide bonds. The standard InChI is InChI=1S/C14H13NO2S/c1-17-11-4-2-10(3-5-11)13-8-6-12(18-13)7-9-14(15)16/h2-9H,1H3,(H2,15,16)/b9-7+. The monoisotopic (exact) mass is 259 g/mol. The molecular weight excluding hydrogens is 246 g/mol. The summed E-state index contributed by atoms with van der Waals surface area (Å²) in [6.07, 6.45) is 3.09. The Labute approximate surface area is 110 Å². The Morgan fingerprint density at radius 2 is 1.94 bits per heavy atom. The molecule has 0 aliphatic heterocycles. The highest BCUT2D eigenvalue weighted by molar-refractivity contribution is 7.16. The van der Waals surface area contributed by atoms with Crippen molar-refractivity contribution in [2.24, 2.45) is 5.73 Å². The molecule has 0 aliphatic rings. The van der Waals surface area contributed by atoms with Crippen LogP contribution in [-0.2, 0) is 4.79 Å². The number of amides is 1. The van der Waals surface area contributed by atoms with Gasteiger partial charge in [0.2, 0.25) is 5.91 Å². The minimum absolute atomic E-state index is 0.436. The third-order valence-electron chi connectivity index (χ3n) is 2.41. The van der Waals surface area contributed by atoms with Gasteiger partial charge in [0.05, 0.1) is 7.11 Å². The van der Waals surface area contributed by atoms with E-state index in [2.05, 4.69) is 0 Å². The molecule has 2 rings (SSSR count). The predicted octanol–water partition coefficient (Wildman–Crippen LogP) is 2.92. The molecule has 0 bridgehead atoms. The fourth-order valence-electron chi connectivity index (χ4n) is 1.52. The Bertz CT molecular complexity index is 570. The minimum Gasteiger partial charge on any atom is -0.497 e. The number of primary amides is 1. The van der Waals surface area contributed by atoms with Crippen LogP contribution in [-0.4, -0.2) is 13.0 Å². The van der Waals surface area contributed by atoms with Crippen LogP contribution in [0.3, 0.4) is 0 Å². The van der Waals surface area contributed by atoms with Gasteiger partial charge in [-0.3, -0.25) is 4.79 Å². The van der Waals surface area contributed by atoms with E-state index >= 15 is 0 Å². The number of ether oxygens (including phenoxy) is 1. The first-order valence-corrected chi connectivity index (χ1v) is 6.22. The van der Waals surface area contributed by atoms with Gasteiger partial charge in [-0.25, -0.2) is 0 Å². The van der Waals surface area contributed by atoms with Gasteiger partial charge >= 0.3 is 0 Å². The second kappa shape index (κ2) is 5.51. The van der Waals surface area contributed by atoms with Gasteiger partial charge in [0.25, 0.3) is 0 Å². The van der Waals surface area contributed by atoms with Crippen molar-refractivity contribution in [3.05, 3.63) is 47.4 Å². The van der Waals surface area contributed by atoms with Crippen LogP contribution in [0.25, 0.3) is 16.5 Å². The number of benzene rings is 1. The highest BCUT2D eigenvalue weighted by Gasteiger charge is 2.01. The first-order valence-electron chi connectivity index (χ1n) is 5.41. The number of methoxy groups -OCH3 is 1. The second-order valence-corrected chi connectivity index (χ2v) is 4.78. The zero-order valence-corrected chi connectivity index (χ0v) is 10.7. The van der Waals surface area contributed by atoms with Crippen molar-refractivity contribution in [2.75, 3.05) is 7.11 Å². The van der Waals surface area contributed by atoms with E-state index in [9.17, 15) is 4.79 Å². The first kappa shape index (κ1) is 12.4. The summed E-state index contributed by atoms with van der Waals surface area (Å²) in [5.74, 6) is 0.401. The van der Waals surface area contributed by atoms with E-state index in [1.165, 1.54) is 6.08 Å². The summed E-state index contributed by atoms with van der Waals surface area (Å²) in [6.45, 7) is 0. The van der Waals surface area contributed by atoms with Gasteiger partial charge < -0.3 is 10.5 Å². The third kappa shape index (κ3) is 2.99. The number of hydrogen-bond acceptors (Lipinski definition) is 3. The van der Waals surface area contributed by atoms with E-state index < -0.39 is 5.91 Å². The largest absolute Gasteiger partial charge is 0.497 e. The van der Waals surface area contributed by atoms with E-state index in [4.69, 9.17) is 10.5 Å². The van der Waals surface area contributed by atoms with Gasteiger partial charge in [0.15, 0.2) is 0 Å². The topological polar surface area (TPSA) is 52.3 Å². The Kier molecular flexibility index (Phi) is 3.79. The van der Waals surface area contributed by atoms with Gasteiger partial charge in [-0.15, -0.1) is 11.3 Å². The van der Waals surface area contributed by atoms with Gasteiger partial charge in [-0.1, -0.05) is 0 Å². The van der Waals surface area contributed by atoms with Gasteiger partial charge in [0.1, 0.15) is 5.75 Å². The lowest BCUT2D eigenvalue weighted by Gasteiger charge is -2.00. The lowest BCUT2D eigenvalue weighted by atomic mass is 10.2. The Balaban J connectivity index is 2.20. The third-order valence-corrected chi connectivity index (χ3v) is 3.51. The molecule has 0 saturated heterocycles. The molecule has 0 spiro atoms. The van der Waals surface area contributed by atoms with Crippen LogP contribution in [0.15, 0.2) is 42.5 Å². The van der Waals surface area contributed by atoms with Crippen molar-refractivity contribution in [1.82, 2.24) is 0 Å². The summed E-state index contributed by atoms with van der Waals surface area (Å²) in [6, 6.07) is 11.8. The molecule has 2 N–H and O–H groups in total. The van der Waals surface area contributed by atoms with E-state index in [0.717, 1.165) is 21.1 Å². The lowest BCUT2D eigenvalue weighted by Crippen LogP contribution is -2.04. The molecule has 0 radical (unpaired) electrons. The molecule has 1 aromatic carbocycles. The van der Waals surface area contributed by atoms with Crippen molar-refractivity contribution < 1.29 is 9.53 Å². The molecule has 18 heavy (non-hydrogen) atoms. The maximum absolute atomic E-state index is 10.6. The van der Waals surface area contributed by atoms with Crippen LogP contribution < -0.4 is 10.5 Å². The summed E-state index contributed by atoms with van der Waals surface area (Å²) >= 11 is 1.61. The second-order valence-electron chi connectivity index (χ2n) is 3.67. The molecule has 0 unspecified atom stereocenters. The number of carbonyl (C=O) groups excluding carboxylic acids is 1. The van der Waals surface area contributed by atoms with Crippen LogP contribution >= 0.6 is 11.3 Å². The smallest absolute Gasteiger partial charge is 0.241 e. The molecule has 0 atom stereocenters. The maximum atomic E-state index is 10.6. The van der Waals surface area contributed by atoms with Crippen LogP contribution in [0.2, 0.25) is 0 Å². The maximum Gasteiger partial charge on any atom is 0.241 e. The summed E-state index contributed by atoms with van der Waals surface area (Å²) in [4.78, 5) is 12.8. The average Bonchev–Trinajstić information content (AvgIpc) is 2.85. The molecule has 2 aromatic rings. The molecule has 1 aromatic heterocycles. The van der Waals surface area contributed by atoms with Crippen molar-refractivity contribution in [3.8, 4) is 16.2 Å². The fraction of sp³-hybridized carbons (Fsp3) is 0.0714. The minimum atomic E-state index is -0.436. The van der Waals surface area contributed by atoms with Crippen molar-refractivity contribution in [1.29, 1.82) is 0 Å². The molecule has 1 heterocycles. The van der Waals surface area contributed by atoms with Crippen LogP contribution in [0, 0.1) is 0 Å². The Morgan fingerprint density at radius 3 is 2.56 bits per heavy atom. The molecular formula is C14H13NO2S. The fourth-order valence-corrected chi connectivity index (χ4v) is 2.43.